The molecular formula is C26H38O5. The van der Waals surface area contributed by atoms with Crippen LogP contribution in [-0.4, -0.2) is 34.6 Å². The minimum absolute atomic E-state index is 0.0285. The first-order valence-corrected chi connectivity index (χ1v) is 12.4. The van der Waals surface area contributed by atoms with Gasteiger partial charge in [0.25, 0.3) is 0 Å². The monoisotopic (exact) mass is 430 g/mol. The van der Waals surface area contributed by atoms with Crippen molar-refractivity contribution >= 4 is 0 Å². The minimum atomic E-state index is -0.266. The Morgan fingerprint density at radius 2 is 1.84 bits per heavy atom. The minimum Gasteiger partial charge on any atom is -0.431 e. The Balaban J connectivity index is 0.000000646. The van der Waals surface area contributed by atoms with Crippen molar-refractivity contribution in [3.05, 3.63) is 34.4 Å². The fourth-order valence-electron chi connectivity index (χ4n) is 8.74. The van der Waals surface area contributed by atoms with E-state index in [9.17, 15) is 9.90 Å². The molecule has 2 heterocycles. The first kappa shape index (κ1) is 21.7. The van der Waals surface area contributed by atoms with Gasteiger partial charge in [-0.05, 0) is 99.0 Å². The molecule has 172 valence electrons. The maximum Gasteiger partial charge on any atom is 0.335 e. The van der Waals surface area contributed by atoms with Gasteiger partial charge in [0, 0.05) is 18.1 Å². The number of aliphatic hydroxyl groups excluding tert-OH is 2. The summed E-state index contributed by atoms with van der Waals surface area (Å²) >= 11 is 0. The van der Waals surface area contributed by atoms with Gasteiger partial charge in [0.15, 0.2) is 0 Å². The summed E-state index contributed by atoms with van der Waals surface area (Å²) in [4.78, 5) is 11.4. The lowest BCUT2D eigenvalue weighted by atomic mass is 9.44. The van der Waals surface area contributed by atoms with Gasteiger partial charge in [-0.1, -0.05) is 13.8 Å². The van der Waals surface area contributed by atoms with Crippen molar-refractivity contribution < 1.29 is 19.4 Å². The molecule has 5 fully saturated rings. The van der Waals surface area contributed by atoms with E-state index in [1.807, 2.05) is 6.07 Å². The normalized spacial score (nSPS) is 49.6. The first-order valence-electron chi connectivity index (χ1n) is 12.4. The van der Waals surface area contributed by atoms with Crippen LogP contribution in [-0.2, 0) is 4.74 Å². The van der Waals surface area contributed by atoms with Crippen LogP contribution in [0.3, 0.4) is 0 Å². The highest BCUT2D eigenvalue weighted by molar-refractivity contribution is 5.35. The Morgan fingerprint density at radius 3 is 2.55 bits per heavy atom. The Labute approximate surface area is 185 Å². The molecule has 31 heavy (non-hydrogen) atoms. The molecule has 5 nitrogen and oxygen atoms in total. The Hall–Kier alpha value is -1.17. The summed E-state index contributed by atoms with van der Waals surface area (Å²) in [7, 11) is 0. The Bertz CT molecular complexity index is 860. The molecule has 4 saturated carbocycles. The van der Waals surface area contributed by atoms with Gasteiger partial charge in [-0.3, -0.25) is 0 Å². The van der Waals surface area contributed by atoms with Gasteiger partial charge in [0.2, 0.25) is 0 Å². The molecule has 9 atom stereocenters. The highest BCUT2D eigenvalue weighted by Crippen LogP contribution is 2.77. The number of hydrogen-bond acceptors (Lipinski definition) is 5. The summed E-state index contributed by atoms with van der Waals surface area (Å²) in [6.45, 7) is 6.90. The molecule has 5 heteroatoms. The largest absolute Gasteiger partial charge is 0.431 e. The van der Waals surface area contributed by atoms with Crippen molar-refractivity contribution in [3.63, 3.8) is 0 Å². The second kappa shape index (κ2) is 7.43. The third-order valence-electron chi connectivity index (χ3n) is 10.2. The molecule has 1 spiro atoms. The van der Waals surface area contributed by atoms with Crippen molar-refractivity contribution in [2.75, 3.05) is 6.61 Å². The predicted molar refractivity (Wildman–Crippen MR) is 118 cm³/mol. The summed E-state index contributed by atoms with van der Waals surface area (Å²) in [6, 6.07) is 3.55. The molecule has 1 aromatic heterocycles. The van der Waals surface area contributed by atoms with E-state index in [1.165, 1.54) is 37.7 Å². The zero-order valence-corrected chi connectivity index (χ0v) is 19.2. The molecule has 0 unspecified atom stereocenters. The zero-order valence-electron chi connectivity index (χ0n) is 19.2. The van der Waals surface area contributed by atoms with Crippen molar-refractivity contribution in [1.29, 1.82) is 0 Å². The van der Waals surface area contributed by atoms with Gasteiger partial charge in [-0.15, -0.1) is 0 Å². The molecule has 1 aromatic rings. The van der Waals surface area contributed by atoms with Crippen molar-refractivity contribution in [1.82, 2.24) is 0 Å². The van der Waals surface area contributed by atoms with Gasteiger partial charge in [0.1, 0.15) is 5.60 Å². The molecule has 0 amide bonds. The SMILES string of the molecule is CCO.C[C@]12CC[C@H](O)C[C@H]1CC[C@@H]1[C@@H]2CC[C@]2(C)[C@@H](c3ccc(=O)oc3)C[C@H]3O[C@]132. The van der Waals surface area contributed by atoms with Crippen LogP contribution < -0.4 is 5.63 Å². The maximum atomic E-state index is 11.4. The number of hydrogen-bond donors (Lipinski definition) is 2. The van der Waals surface area contributed by atoms with Gasteiger partial charge in [-0.2, -0.15) is 0 Å². The van der Waals surface area contributed by atoms with Crippen molar-refractivity contribution in [2.45, 2.75) is 95.9 Å². The number of aliphatic hydroxyl groups is 2. The lowest BCUT2D eigenvalue weighted by Gasteiger charge is -2.61. The van der Waals surface area contributed by atoms with E-state index >= 15 is 0 Å². The van der Waals surface area contributed by atoms with Crippen molar-refractivity contribution in [3.8, 4) is 0 Å². The average molecular weight is 431 g/mol. The second-order valence-corrected chi connectivity index (χ2v) is 11.3. The first-order chi connectivity index (χ1) is 14.8. The Morgan fingerprint density at radius 1 is 1.06 bits per heavy atom. The van der Waals surface area contributed by atoms with Gasteiger partial charge in [0.05, 0.1) is 18.5 Å². The van der Waals surface area contributed by atoms with Crippen LogP contribution in [0.15, 0.2) is 27.6 Å². The lowest BCUT2D eigenvalue weighted by molar-refractivity contribution is -0.139. The fraction of sp³-hybridized carbons (Fsp3) is 0.808. The summed E-state index contributed by atoms with van der Waals surface area (Å²) in [6.07, 6.45) is 11.1. The number of epoxide rings is 1. The second-order valence-electron chi connectivity index (χ2n) is 11.3. The van der Waals surface area contributed by atoms with Gasteiger partial charge >= 0.3 is 5.63 Å². The van der Waals surface area contributed by atoms with Crippen LogP contribution in [0.5, 0.6) is 0 Å². The highest BCUT2D eigenvalue weighted by atomic mass is 16.6. The molecule has 4 aliphatic carbocycles. The van der Waals surface area contributed by atoms with Crippen LogP contribution >= 0.6 is 0 Å². The van der Waals surface area contributed by atoms with Crippen molar-refractivity contribution in [2.24, 2.45) is 28.6 Å². The third-order valence-corrected chi connectivity index (χ3v) is 10.2. The van der Waals surface area contributed by atoms with Crippen LogP contribution in [0.4, 0.5) is 0 Å². The van der Waals surface area contributed by atoms with Crippen LogP contribution in [0.2, 0.25) is 0 Å². The smallest absolute Gasteiger partial charge is 0.335 e. The van der Waals surface area contributed by atoms with E-state index in [4.69, 9.17) is 14.3 Å². The summed E-state index contributed by atoms with van der Waals surface area (Å²) < 4.78 is 11.8. The summed E-state index contributed by atoms with van der Waals surface area (Å²) in [5.41, 5.74) is 1.44. The zero-order chi connectivity index (χ0) is 22.0. The average Bonchev–Trinajstić information content (AvgIpc) is 3.40. The van der Waals surface area contributed by atoms with E-state index in [2.05, 4.69) is 13.8 Å². The number of rotatable bonds is 1. The molecule has 0 aromatic carbocycles. The topological polar surface area (TPSA) is 83.2 Å². The van der Waals surface area contributed by atoms with Crippen LogP contribution in [0, 0.1) is 28.6 Å². The molecule has 0 radical (unpaired) electrons. The van der Waals surface area contributed by atoms with E-state index in [0.29, 0.717) is 29.3 Å². The van der Waals surface area contributed by atoms with Gasteiger partial charge < -0.3 is 19.4 Å². The maximum absolute atomic E-state index is 11.4. The number of fused-ring (bicyclic) bond motifs is 3. The third kappa shape index (κ3) is 2.95. The standard InChI is InChI=1S/C24H32O4.C2H6O/c1-22-9-7-16(25)11-15(22)4-5-18-17(22)8-10-23(2)19(12-20-24(18,23)28-20)14-3-6-21(26)27-13-14;1-2-3/h3,6,13,15-20,25H,4-5,7-12H2,1-2H3;3H,2H2,1H3/t15-,16+,17+,18-,19-,20-,22+,23-,24-;/m1./s1. The predicted octanol–water partition coefficient (Wildman–Crippen LogP) is 4.26. The molecule has 0 bridgehead atoms. The summed E-state index contributed by atoms with van der Waals surface area (Å²) in [5, 5.41) is 17.8. The van der Waals surface area contributed by atoms with Crippen LogP contribution in [0.1, 0.15) is 83.6 Å². The molecule has 1 saturated heterocycles. The quantitative estimate of drug-likeness (QED) is 0.651. The summed E-state index contributed by atoms with van der Waals surface area (Å²) in [5.74, 6) is 2.48. The number of ether oxygens (including phenoxy) is 1. The lowest BCUT2D eigenvalue weighted by Crippen LogP contribution is -2.58. The van der Waals surface area contributed by atoms with E-state index < -0.39 is 0 Å². The van der Waals surface area contributed by atoms with E-state index in [-0.39, 0.29) is 29.4 Å². The van der Waals surface area contributed by atoms with Crippen LogP contribution in [0.25, 0.3) is 0 Å². The molecule has 2 N–H and O–H groups in total. The van der Waals surface area contributed by atoms with Gasteiger partial charge in [-0.25, -0.2) is 4.79 Å². The van der Waals surface area contributed by atoms with E-state index in [0.717, 1.165) is 25.2 Å². The molecule has 5 aliphatic rings. The van der Waals surface area contributed by atoms with E-state index in [1.54, 1.807) is 19.3 Å². The fourth-order valence-corrected chi connectivity index (χ4v) is 8.74. The molecular weight excluding hydrogens is 392 g/mol. The highest BCUT2D eigenvalue weighted by Gasteiger charge is 2.80. The molecule has 1 aliphatic heterocycles. The molecule has 6 rings (SSSR count). The Kier molecular flexibility index (Phi) is 5.19.